The third kappa shape index (κ3) is 5.76. The van der Waals surface area contributed by atoms with Gasteiger partial charge in [-0.1, -0.05) is 19.3 Å². The normalized spacial score (nSPS) is 28.7. The van der Waals surface area contributed by atoms with E-state index < -0.39 is 9.84 Å². The van der Waals surface area contributed by atoms with Crippen molar-refractivity contribution in [1.82, 2.24) is 0 Å². The third-order valence-electron chi connectivity index (χ3n) is 3.16. The van der Waals surface area contributed by atoms with Gasteiger partial charge in [0, 0.05) is 17.4 Å². The summed E-state index contributed by atoms with van der Waals surface area (Å²) in [5.41, 5.74) is 0. The fourth-order valence-electron chi connectivity index (χ4n) is 2.27. The van der Waals surface area contributed by atoms with Crippen molar-refractivity contribution in [3.05, 3.63) is 0 Å². The number of alkyl halides is 1. The average molecular weight is 253 g/mol. The van der Waals surface area contributed by atoms with Gasteiger partial charge in [0.25, 0.3) is 0 Å². The summed E-state index contributed by atoms with van der Waals surface area (Å²) >= 11 is 6.29. The lowest BCUT2D eigenvalue weighted by atomic mass is 9.95. The molecule has 0 radical (unpaired) electrons. The molecule has 0 aliphatic heterocycles. The van der Waals surface area contributed by atoms with Gasteiger partial charge in [-0.2, -0.15) is 0 Å². The fraction of sp³-hybridized carbons (Fsp3) is 1.00. The first kappa shape index (κ1) is 13.3. The first-order valence-electron chi connectivity index (χ1n) is 5.81. The zero-order chi connectivity index (χ0) is 11.3. The van der Waals surface area contributed by atoms with E-state index in [1.165, 1.54) is 31.9 Å². The molecule has 15 heavy (non-hydrogen) atoms. The molecule has 2 nitrogen and oxygen atoms in total. The van der Waals surface area contributed by atoms with E-state index in [2.05, 4.69) is 0 Å². The molecule has 0 aromatic carbocycles. The van der Waals surface area contributed by atoms with Crippen LogP contribution in [0.5, 0.6) is 0 Å². The predicted octanol–water partition coefficient (Wildman–Crippen LogP) is 3.00. The van der Waals surface area contributed by atoms with Gasteiger partial charge >= 0.3 is 0 Å². The lowest BCUT2D eigenvalue weighted by molar-refractivity contribution is 0.430. The minimum absolute atomic E-state index is 0.270. The maximum atomic E-state index is 11.0. The highest BCUT2D eigenvalue weighted by molar-refractivity contribution is 7.90. The molecule has 0 aromatic heterocycles. The van der Waals surface area contributed by atoms with Crippen LogP contribution in [0.3, 0.4) is 0 Å². The zero-order valence-electron chi connectivity index (χ0n) is 9.41. The van der Waals surface area contributed by atoms with Crippen LogP contribution < -0.4 is 0 Å². The van der Waals surface area contributed by atoms with Crippen LogP contribution in [-0.4, -0.2) is 25.8 Å². The smallest absolute Gasteiger partial charge is 0.147 e. The van der Waals surface area contributed by atoms with Crippen molar-refractivity contribution in [2.24, 2.45) is 5.92 Å². The van der Waals surface area contributed by atoms with E-state index >= 15 is 0 Å². The minimum Gasteiger partial charge on any atom is -0.229 e. The topological polar surface area (TPSA) is 34.1 Å². The summed E-state index contributed by atoms with van der Waals surface area (Å²) in [7, 11) is -2.79. The number of halogens is 1. The van der Waals surface area contributed by atoms with Crippen molar-refractivity contribution < 1.29 is 8.42 Å². The number of rotatable bonds is 4. The highest BCUT2D eigenvalue weighted by Gasteiger charge is 2.21. The zero-order valence-corrected chi connectivity index (χ0v) is 11.0. The van der Waals surface area contributed by atoms with Crippen molar-refractivity contribution in [2.45, 2.75) is 50.3 Å². The fourth-order valence-corrected chi connectivity index (χ4v) is 3.37. The van der Waals surface area contributed by atoms with Crippen molar-refractivity contribution >= 4 is 21.4 Å². The second-order valence-corrected chi connectivity index (χ2v) is 7.51. The molecule has 2 unspecified atom stereocenters. The highest BCUT2D eigenvalue weighted by Crippen LogP contribution is 2.30. The van der Waals surface area contributed by atoms with Crippen LogP contribution in [0.4, 0.5) is 0 Å². The third-order valence-corrected chi connectivity index (χ3v) is 4.76. The van der Waals surface area contributed by atoms with Gasteiger partial charge < -0.3 is 0 Å². The summed E-state index contributed by atoms with van der Waals surface area (Å²) in [5, 5.41) is 0.270. The molecule has 90 valence electrons. The quantitative estimate of drug-likeness (QED) is 0.569. The second-order valence-electron chi connectivity index (χ2n) is 4.69. The molecule has 0 saturated heterocycles. The summed E-state index contributed by atoms with van der Waals surface area (Å²) in [6.45, 7) is 0. The van der Waals surface area contributed by atoms with Gasteiger partial charge in [0.1, 0.15) is 9.84 Å². The van der Waals surface area contributed by atoms with Crippen molar-refractivity contribution in [3.63, 3.8) is 0 Å². The Morgan fingerprint density at radius 3 is 2.53 bits per heavy atom. The molecule has 1 saturated carbocycles. The van der Waals surface area contributed by atoms with E-state index in [4.69, 9.17) is 11.6 Å². The Morgan fingerprint density at radius 2 is 1.87 bits per heavy atom. The van der Waals surface area contributed by atoms with Gasteiger partial charge in [0.2, 0.25) is 0 Å². The molecule has 0 bridgehead atoms. The summed E-state index contributed by atoms with van der Waals surface area (Å²) in [6, 6.07) is 0. The lowest BCUT2D eigenvalue weighted by Gasteiger charge is -2.18. The number of hydrogen-bond donors (Lipinski definition) is 0. The molecule has 0 amide bonds. The Labute approximate surface area is 98.3 Å². The molecule has 1 aliphatic rings. The van der Waals surface area contributed by atoms with Gasteiger partial charge in [-0.3, -0.25) is 0 Å². The van der Waals surface area contributed by atoms with Gasteiger partial charge in [-0.15, -0.1) is 11.6 Å². The Bertz CT molecular complexity index is 274. The molecule has 4 heteroatoms. The first-order chi connectivity index (χ1) is 6.99. The van der Waals surface area contributed by atoms with E-state index in [1.807, 2.05) is 0 Å². The SMILES string of the molecule is CS(=O)(=O)CCCC1CCCCCC1Cl. The maximum Gasteiger partial charge on any atom is 0.147 e. The number of sulfone groups is 1. The van der Waals surface area contributed by atoms with Crippen LogP contribution in [-0.2, 0) is 9.84 Å². The van der Waals surface area contributed by atoms with Crippen LogP contribution in [0, 0.1) is 5.92 Å². The molecule has 0 spiro atoms. The molecule has 1 aliphatic carbocycles. The second kappa shape index (κ2) is 6.09. The molecule has 2 atom stereocenters. The van der Waals surface area contributed by atoms with Gasteiger partial charge in [0.05, 0.1) is 0 Å². The van der Waals surface area contributed by atoms with Crippen molar-refractivity contribution in [1.29, 1.82) is 0 Å². The van der Waals surface area contributed by atoms with Crippen LogP contribution in [0.25, 0.3) is 0 Å². The van der Waals surface area contributed by atoms with Crippen LogP contribution in [0.1, 0.15) is 44.9 Å². The van der Waals surface area contributed by atoms with Crippen LogP contribution in [0.15, 0.2) is 0 Å². The highest BCUT2D eigenvalue weighted by atomic mass is 35.5. The number of hydrogen-bond acceptors (Lipinski definition) is 2. The van der Waals surface area contributed by atoms with Crippen molar-refractivity contribution in [2.75, 3.05) is 12.0 Å². The lowest BCUT2D eigenvalue weighted by Crippen LogP contribution is -2.15. The standard InChI is InChI=1S/C11H21ClO2S/c1-15(13,14)9-5-7-10-6-3-2-4-8-11(10)12/h10-11H,2-9H2,1H3. The van der Waals surface area contributed by atoms with Gasteiger partial charge in [0.15, 0.2) is 0 Å². The molecule has 0 heterocycles. The molecular weight excluding hydrogens is 232 g/mol. The Hall–Kier alpha value is 0.240. The summed E-state index contributed by atoms with van der Waals surface area (Å²) in [4.78, 5) is 0. The van der Waals surface area contributed by atoms with E-state index in [1.54, 1.807) is 0 Å². The molecule has 0 N–H and O–H groups in total. The van der Waals surface area contributed by atoms with Crippen molar-refractivity contribution in [3.8, 4) is 0 Å². The molecular formula is C11H21ClO2S. The predicted molar refractivity (Wildman–Crippen MR) is 65.2 cm³/mol. The molecule has 1 fully saturated rings. The average Bonchev–Trinajstić information content (AvgIpc) is 2.30. The van der Waals surface area contributed by atoms with Crippen LogP contribution >= 0.6 is 11.6 Å². The summed E-state index contributed by atoms with van der Waals surface area (Å²) in [5.74, 6) is 0.850. The van der Waals surface area contributed by atoms with E-state index in [9.17, 15) is 8.42 Å². The van der Waals surface area contributed by atoms with Gasteiger partial charge in [-0.25, -0.2) is 8.42 Å². The monoisotopic (exact) mass is 252 g/mol. The molecule has 1 rings (SSSR count). The Balaban J connectivity index is 2.29. The van der Waals surface area contributed by atoms with E-state index in [0.29, 0.717) is 11.7 Å². The Kier molecular flexibility index (Phi) is 5.41. The van der Waals surface area contributed by atoms with E-state index in [0.717, 1.165) is 19.3 Å². The maximum absolute atomic E-state index is 11.0. The molecule has 0 aromatic rings. The van der Waals surface area contributed by atoms with E-state index in [-0.39, 0.29) is 5.38 Å². The minimum atomic E-state index is -2.79. The summed E-state index contributed by atoms with van der Waals surface area (Å²) < 4.78 is 22.0. The Morgan fingerprint density at radius 1 is 1.20 bits per heavy atom. The largest absolute Gasteiger partial charge is 0.229 e. The van der Waals surface area contributed by atoms with Gasteiger partial charge in [-0.05, 0) is 31.6 Å². The van der Waals surface area contributed by atoms with Crippen LogP contribution in [0.2, 0.25) is 0 Å². The summed E-state index contributed by atoms with van der Waals surface area (Å²) in [6.07, 6.45) is 9.10. The first-order valence-corrected chi connectivity index (χ1v) is 8.30.